The first-order chi connectivity index (χ1) is 11.7. The fourth-order valence-electron chi connectivity index (χ4n) is 4.04. The fraction of sp³-hybridized carbons (Fsp3) is 0.944. The van der Waals surface area contributed by atoms with Crippen LogP contribution >= 0.6 is 0 Å². The molecule has 138 valence electrons. The summed E-state index contributed by atoms with van der Waals surface area (Å²) in [7, 11) is 0. The third kappa shape index (κ3) is 5.07. The maximum atomic E-state index is 12.5. The number of carbonyl (C=O) groups is 1. The summed E-state index contributed by atoms with van der Waals surface area (Å²) in [6.07, 6.45) is 7.65. The number of carbonyl (C=O) groups excluding carboxylic acids is 1. The van der Waals surface area contributed by atoms with Crippen molar-refractivity contribution >= 4 is 6.03 Å². The molecule has 0 aromatic carbocycles. The molecule has 3 aliphatic rings. The van der Waals surface area contributed by atoms with Crippen molar-refractivity contribution in [3.8, 4) is 0 Å². The average molecular weight is 339 g/mol. The molecule has 3 rings (SSSR count). The van der Waals surface area contributed by atoms with E-state index in [1.165, 1.54) is 25.7 Å². The van der Waals surface area contributed by atoms with Crippen molar-refractivity contribution in [3.63, 3.8) is 0 Å². The van der Waals surface area contributed by atoms with Crippen LogP contribution < -0.4 is 5.32 Å². The lowest BCUT2D eigenvalue weighted by Gasteiger charge is -2.27. The highest BCUT2D eigenvalue weighted by atomic mass is 16.5. The van der Waals surface area contributed by atoms with Gasteiger partial charge >= 0.3 is 6.03 Å². The first kappa shape index (κ1) is 18.0. The van der Waals surface area contributed by atoms with Gasteiger partial charge < -0.3 is 19.7 Å². The van der Waals surface area contributed by atoms with Crippen LogP contribution in [0.4, 0.5) is 4.79 Å². The molecule has 6 heteroatoms. The number of hydrogen-bond acceptors (Lipinski definition) is 4. The summed E-state index contributed by atoms with van der Waals surface area (Å²) in [4.78, 5) is 17.1. The lowest BCUT2D eigenvalue weighted by molar-refractivity contribution is 0.0330. The molecule has 0 aromatic heterocycles. The second-order valence-corrected chi connectivity index (χ2v) is 7.48. The van der Waals surface area contributed by atoms with Crippen molar-refractivity contribution in [3.05, 3.63) is 0 Å². The Bertz CT molecular complexity index is 395. The maximum Gasteiger partial charge on any atom is 0.317 e. The van der Waals surface area contributed by atoms with E-state index in [4.69, 9.17) is 9.47 Å². The molecule has 0 aromatic rings. The number of amides is 2. The minimum absolute atomic E-state index is 0.0345. The van der Waals surface area contributed by atoms with Crippen molar-refractivity contribution in [2.75, 3.05) is 46.0 Å². The number of hydrogen-bond donors (Lipinski definition) is 1. The second-order valence-electron chi connectivity index (χ2n) is 7.48. The van der Waals surface area contributed by atoms with E-state index in [1.807, 2.05) is 11.8 Å². The molecule has 1 N–H and O–H groups in total. The average Bonchev–Trinajstić information content (AvgIpc) is 3.23. The molecule has 2 heterocycles. The molecule has 6 nitrogen and oxygen atoms in total. The van der Waals surface area contributed by atoms with Gasteiger partial charge in [-0.3, -0.25) is 4.90 Å². The predicted octanol–water partition coefficient (Wildman–Crippen LogP) is 1.84. The van der Waals surface area contributed by atoms with Crippen molar-refractivity contribution in [2.24, 2.45) is 0 Å². The van der Waals surface area contributed by atoms with E-state index >= 15 is 0 Å². The molecule has 2 aliphatic heterocycles. The Morgan fingerprint density at radius 2 is 2.00 bits per heavy atom. The first-order valence-electron chi connectivity index (χ1n) is 9.71. The van der Waals surface area contributed by atoms with Crippen molar-refractivity contribution in [1.29, 1.82) is 0 Å². The number of nitrogens with zero attached hydrogens (tertiary/aromatic N) is 2. The summed E-state index contributed by atoms with van der Waals surface area (Å²) >= 11 is 0. The molecule has 1 aliphatic carbocycles. The van der Waals surface area contributed by atoms with E-state index in [9.17, 15) is 4.79 Å². The number of ether oxygens (including phenoxy) is 2. The van der Waals surface area contributed by atoms with Crippen LogP contribution in [0.3, 0.4) is 0 Å². The SMILES string of the molecule is CC(COC1CCOC1)NC(=O)N1CCCN(C2CCCC2)CC1. The van der Waals surface area contributed by atoms with Crippen molar-refractivity contribution in [1.82, 2.24) is 15.1 Å². The Balaban J connectivity index is 1.37. The van der Waals surface area contributed by atoms with Crippen LogP contribution in [0.15, 0.2) is 0 Å². The predicted molar refractivity (Wildman–Crippen MR) is 93.2 cm³/mol. The molecule has 24 heavy (non-hydrogen) atoms. The molecule has 2 atom stereocenters. The fourth-order valence-corrected chi connectivity index (χ4v) is 4.04. The third-order valence-electron chi connectivity index (χ3n) is 5.50. The molecule has 2 unspecified atom stereocenters. The smallest absolute Gasteiger partial charge is 0.317 e. The van der Waals surface area contributed by atoms with Gasteiger partial charge in [0.1, 0.15) is 0 Å². The lowest BCUT2D eigenvalue weighted by atomic mass is 10.2. The van der Waals surface area contributed by atoms with E-state index in [-0.39, 0.29) is 18.2 Å². The summed E-state index contributed by atoms with van der Waals surface area (Å²) < 4.78 is 11.1. The number of urea groups is 1. The van der Waals surface area contributed by atoms with E-state index in [0.717, 1.165) is 51.7 Å². The molecule has 1 saturated carbocycles. The Morgan fingerprint density at radius 1 is 1.17 bits per heavy atom. The maximum absolute atomic E-state index is 12.5. The van der Waals surface area contributed by atoms with Crippen LogP contribution in [0.25, 0.3) is 0 Å². The first-order valence-corrected chi connectivity index (χ1v) is 9.71. The van der Waals surface area contributed by atoms with Crippen LogP contribution in [0.1, 0.15) is 45.4 Å². The molecule has 2 saturated heterocycles. The van der Waals surface area contributed by atoms with Crippen molar-refractivity contribution in [2.45, 2.75) is 63.6 Å². The van der Waals surface area contributed by atoms with Gasteiger partial charge in [-0.1, -0.05) is 12.8 Å². The monoisotopic (exact) mass is 339 g/mol. The van der Waals surface area contributed by atoms with Gasteiger partial charge in [0.25, 0.3) is 0 Å². The molecule has 2 amide bonds. The standard InChI is InChI=1S/C18H33N3O3/c1-15(13-24-17-7-12-23-14-17)19-18(22)21-9-4-8-20(10-11-21)16-5-2-3-6-16/h15-17H,2-14H2,1H3,(H,19,22). The van der Waals surface area contributed by atoms with Crippen LogP contribution in [0, 0.1) is 0 Å². The summed E-state index contributed by atoms with van der Waals surface area (Å²) in [5, 5.41) is 3.09. The van der Waals surface area contributed by atoms with Crippen LogP contribution in [-0.4, -0.2) is 80.0 Å². The summed E-state index contributed by atoms with van der Waals surface area (Å²) in [5.74, 6) is 0. The summed E-state index contributed by atoms with van der Waals surface area (Å²) in [6.45, 7) is 7.89. The minimum Gasteiger partial charge on any atom is -0.379 e. The quantitative estimate of drug-likeness (QED) is 0.830. The van der Waals surface area contributed by atoms with Gasteiger partial charge in [0, 0.05) is 38.8 Å². The van der Waals surface area contributed by atoms with Crippen LogP contribution in [-0.2, 0) is 9.47 Å². The molecular formula is C18H33N3O3. The van der Waals surface area contributed by atoms with E-state index in [2.05, 4.69) is 10.2 Å². The molecule has 0 radical (unpaired) electrons. The molecule has 3 fully saturated rings. The van der Waals surface area contributed by atoms with Gasteiger partial charge in [-0.25, -0.2) is 4.79 Å². The second kappa shape index (κ2) is 9.02. The molecular weight excluding hydrogens is 306 g/mol. The highest BCUT2D eigenvalue weighted by Gasteiger charge is 2.26. The highest BCUT2D eigenvalue weighted by Crippen LogP contribution is 2.24. The van der Waals surface area contributed by atoms with E-state index in [0.29, 0.717) is 13.2 Å². The zero-order valence-corrected chi connectivity index (χ0v) is 15.0. The van der Waals surface area contributed by atoms with Gasteiger partial charge in [0.05, 0.1) is 25.4 Å². The van der Waals surface area contributed by atoms with Gasteiger partial charge in [0.15, 0.2) is 0 Å². The van der Waals surface area contributed by atoms with Gasteiger partial charge in [0.2, 0.25) is 0 Å². The third-order valence-corrected chi connectivity index (χ3v) is 5.50. The summed E-state index contributed by atoms with van der Waals surface area (Å²) in [5.41, 5.74) is 0. The van der Waals surface area contributed by atoms with Gasteiger partial charge in [-0.05, 0) is 32.6 Å². The Labute approximate surface area is 145 Å². The van der Waals surface area contributed by atoms with Crippen LogP contribution in [0.2, 0.25) is 0 Å². The highest BCUT2D eigenvalue weighted by molar-refractivity contribution is 5.74. The number of nitrogens with one attached hydrogen (secondary N) is 1. The van der Waals surface area contributed by atoms with Gasteiger partial charge in [-0.2, -0.15) is 0 Å². The van der Waals surface area contributed by atoms with E-state index < -0.39 is 0 Å². The van der Waals surface area contributed by atoms with Crippen molar-refractivity contribution < 1.29 is 14.3 Å². The number of rotatable bonds is 5. The van der Waals surface area contributed by atoms with Crippen LogP contribution in [0.5, 0.6) is 0 Å². The molecule has 0 bridgehead atoms. The molecule has 0 spiro atoms. The topological polar surface area (TPSA) is 54.0 Å². The van der Waals surface area contributed by atoms with E-state index in [1.54, 1.807) is 0 Å². The normalized spacial score (nSPS) is 28.0. The Morgan fingerprint density at radius 3 is 2.75 bits per heavy atom. The van der Waals surface area contributed by atoms with Gasteiger partial charge in [-0.15, -0.1) is 0 Å². The Kier molecular flexibility index (Phi) is 6.75. The largest absolute Gasteiger partial charge is 0.379 e. The summed E-state index contributed by atoms with van der Waals surface area (Å²) in [6, 6.07) is 0.850. The zero-order valence-electron chi connectivity index (χ0n) is 15.0. The minimum atomic E-state index is 0.0345. The Hall–Kier alpha value is -0.850. The zero-order chi connectivity index (χ0) is 16.8. The lowest BCUT2D eigenvalue weighted by Crippen LogP contribution is -2.47.